The Balaban J connectivity index is 1.91. The molecular formula is C24H26N4O4. The number of methoxy groups -OCH3 is 1. The van der Waals surface area contributed by atoms with Gasteiger partial charge in [-0.3, -0.25) is 9.59 Å². The molecule has 4 rings (SSSR count). The van der Waals surface area contributed by atoms with Gasteiger partial charge >= 0.3 is 5.97 Å². The average molecular weight is 434 g/mol. The largest absolute Gasteiger partial charge is 0.465 e. The van der Waals surface area contributed by atoms with Gasteiger partial charge in [0.25, 0.3) is 5.56 Å². The fourth-order valence-corrected chi connectivity index (χ4v) is 4.09. The number of aryl methyl sites for hydroxylation is 2. The standard InChI is InChI=1S/C24H26N4O4/c1-14-4-6-18(12-15(14)2)28-22(30)19-7-5-17(23(31)32-3)13-20(19)26-24(28)27-10-8-16(9-11-27)21(25)29/h4-7,12-13,16H,8-11H2,1-3H3,(H2,25,29). The van der Waals surface area contributed by atoms with Crippen LogP contribution in [0.1, 0.15) is 34.3 Å². The second kappa shape index (κ2) is 8.45. The van der Waals surface area contributed by atoms with Crippen LogP contribution in [0, 0.1) is 19.8 Å². The molecule has 32 heavy (non-hydrogen) atoms. The second-order valence-electron chi connectivity index (χ2n) is 8.21. The quantitative estimate of drug-likeness (QED) is 0.632. The molecule has 2 aromatic carbocycles. The summed E-state index contributed by atoms with van der Waals surface area (Å²) in [5.74, 6) is -0.489. The molecule has 0 radical (unpaired) electrons. The molecule has 0 bridgehead atoms. The lowest BCUT2D eigenvalue weighted by molar-refractivity contribution is -0.122. The zero-order valence-corrected chi connectivity index (χ0v) is 18.4. The molecule has 8 heteroatoms. The monoisotopic (exact) mass is 434 g/mol. The predicted octanol–water partition coefficient (Wildman–Crippen LogP) is 2.49. The predicted molar refractivity (Wildman–Crippen MR) is 122 cm³/mol. The molecule has 0 aliphatic carbocycles. The van der Waals surface area contributed by atoms with Crippen molar-refractivity contribution in [1.82, 2.24) is 9.55 Å². The summed E-state index contributed by atoms with van der Waals surface area (Å²) in [5, 5.41) is 0.409. The van der Waals surface area contributed by atoms with E-state index in [2.05, 4.69) is 0 Å². The minimum atomic E-state index is -0.490. The minimum absolute atomic E-state index is 0.181. The SMILES string of the molecule is COC(=O)c1ccc2c(=O)n(-c3ccc(C)c(C)c3)c(N3CCC(C(N)=O)CC3)nc2c1. The number of aromatic nitrogens is 2. The van der Waals surface area contributed by atoms with Crippen LogP contribution in [-0.2, 0) is 9.53 Å². The highest BCUT2D eigenvalue weighted by molar-refractivity contribution is 5.94. The Hall–Kier alpha value is -3.68. The molecule has 1 saturated heterocycles. The van der Waals surface area contributed by atoms with Crippen molar-refractivity contribution >= 4 is 28.7 Å². The maximum Gasteiger partial charge on any atom is 0.337 e. The van der Waals surface area contributed by atoms with E-state index in [9.17, 15) is 14.4 Å². The lowest BCUT2D eigenvalue weighted by Crippen LogP contribution is -2.41. The first-order valence-electron chi connectivity index (χ1n) is 10.6. The van der Waals surface area contributed by atoms with Crippen LogP contribution >= 0.6 is 0 Å². The Morgan fingerprint density at radius 3 is 2.41 bits per heavy atom. The van der Waals surface area contributed by atoms with Gasteiger partial charge in [0.1, 0.15) is 0 Å². The average Bonchev–Trinajstić information content (AvgIpc) is 2.80. The van der Waals surface area contributed by atoms with Gasteiger partial charge in [0, 0.05) is 19.0 Å². The molecular weight excluding hydrogens is 408 g/mol. The zero-order chi connectivity index (χ0) is 23.0. The summed E-state index contributed by atoms with van der Waals surface area (Å²) in [4.78, 5) is 44.0. The number of carbonyl (C=O) groups is 2. The van der Waals surface area contributed by atoms with Gasteiger partial charge in [-0.25, -0.2) is 14.3 Å². The van der Waals surface area contributed by atoms with Gasteiger partial charge in [0.15, 0.2) is 0 Å². The highest BCUT2D eigenvalue weighted by atomic mass is 16.5. The van der Waals surface area contributed by atoms with Gasteiger partial charge < -0.3 is 15.4 Å². The molecule has 0 saturated carbocycles. The maximum absolute atomic E-state index is 13.6. The number of hydrogen-bond acceptors (Lipinski definition) is 6. The molecule has 166 valence electrons. The molecule has 1 aliphatic heterocycles. The molecule has 1 amide bonds. The van der Waals surface area contributed by atoms with E-state index in [1.54, 1.807) is 22.8 Å². The highest BCUT2D eigenvalue weighted by Crippen LogP contribution is 2.26. The fourth-order valence-electron chi connectivity index (χ4n) is 4.09. The van der Waals surface area contributed by atoms with Gasteiger partial charge in [-0.05, 0) is 68.1 Å². The van der Waals surface area contributed by atoms with Crippen molar-refractivity contribution in [2.24, 2.45) is 11.7 Å². The van der Waals surface area contributed by atoms with Crippen molar-refractivity contribution < 1.29 is 14.3 Å². The van der Waals surface area contributed by atoms with E-state index in [0.717, 1.165) is 16.8 Å². The number of rotatable bonds is 4. The van der Waals surface area contributed by atoms with Crippen LogP contribution in [0.4, 0.5) is 5.95 Å². The van der Waals surface area contributed by atoms with Crippen LogP contribution in [0.15, 0.2) is 41.2 Å². The molecule has 0 atom stereocenters. The molecule has 2 heterocycles. The number of primary amides is 1. The summed E-state index contributed by atoms with van der Waals surface area (Å²) >= 11 is 0. The van der Waals surface area contributed by atoms with Crippen molar-refractivity contribution in [2.75, 3.05) is 25.1 Å². The number of piperidine rings is 1. The first-order chi connectivity index (χ1) is 15.3. The number of anilines is 1. The summed E-state index contributed by atoms with van der Waals surface area (Å²) < 4.78 is 6.42. The number of nitrogens with two attached hydrogens (primary N) is 1. The summed E-state index contributed by atoms with van der Waals surface area (Å²) in [6, 6.07) is 10.6. The lowest BCUT2D eigenvalue weighted by Gasteiger charge is -2.33. The Morgan fingerprint density at radius 2 is 1.78 bits per heavy atom. The molecule has 2 N–H and O–H groups in total. The number of hydrogen-bond donors (Lipinski definition) is 1. The minimum Gasteiger partial charge on any atom is -0.465 e. The molecule has 0 unspecified atom stereocenters. The molecule has 0 spiro atoms. The molecule has 1 aromatic heterocycles. The van der Waals surface area contributed by atoms with E-state index < -0.39 is 5.97 Å². The number of nitrogens with zero attached hydrogens (tertiary/aromatic N) is 3. The lowest BCUT2D eigenvalue weighted by atomic mass is 9.96. The van der Waals surface area contributed by atoms with Crippen molar-refractivity contribution in [3.05, 3.63) is 63.4 Å². The van der Waals surface area contributed by atoms with Crippen LogP contribution in [0.3, 0.4) is 0 Å². The molecule has 3 aromatic rings. The van der Waals surface area contributed by atoms with Gasteiger partial charge in [-0.1, -0.05) is 6.07 Å². The number of amides is 1. The topological polar surface area (TPSA) is 108 Å². The van der Waals surface area contributed by atoms with E-state index in [1.807, 2.05) is 36.9 Å². The van der Waals surface area contributed by atoms with E-state index in [4.69, 9.17) is 15.5 Å². The van der Waals surface area contributed by atoms with Crippen molar-refractivity contribution in [2.45, 2.75) is 26.7 Å². The van der Waals surface area contributed by atoms with Gasteiger partial charge in [-0.2, -0.15) is 0 Å². The number of ether oxygens (including phenoxy) is 1. The van der Waals surface area contributed by atoms with E-state index in [-0.39, 0.29) is 17.4 Å². The highest BCUT2D eigenvalue weighted by Gasteiger charge is 2.27. The first kappa shape index (κ1) is 21.5. The third-order valence-corrected chi connectivity index (χ3v) is 6.20. The van der Waals surface area contributed by atoms with Crippen LogP contribution < -0.4 is 16.2 Å². The second-order valence-corrected chi connectivity index (χ2v) is 8.21. The van der Waals surface area contributed by atoms with Crippen LogP contribution in [0.25, 0.3) is 16.6 Å². The summed E-state index contributed by atoms with van der Waals surface area (Å²) in [6.45, 7) is 5.11. The number of esters is 1. The number of benzene rings is 2. The van der Waals surface area contributed by atoms with Gasteiger partial charge in [0.2, 0.25) is 11.9 Å². The van der Waals surface area contributed by atoms with Crippen molar-refractivity contribution in [3.63, 3.8) is 0 Å². The smallest absolute Gasteiger partial charge is 0.337 e. The first-order valence-corrected chi connectivity index (χ1v) is 10.6. The molecule has 1 fully saturated rings. The van der Waals surface area contributed by atoms with Crippen LogP contribution in [-0.4, -0.2) is 41.6 Å². The summed E-state index contributed by atoms with van der Waals surface area (Å²) in [6.07, 6.45) is 1.19. The van der Waals surface area contributed by atoms with Crippen LogP contribution in [0.5, 0.6) is 0 Å². The van der Waals surface area contributed by atoms with Crippen molar-refractivity contribution in [3.8, 4) is 5.69 Å². The Morgan fingerprint density at radius 1 is 1.06 bits per heavy atom. The number of fused-ring (bicyclic) bond motifs is 1. The van der Waals surface area contributed by atoms with Gasteiger partial charge in [0.05, 0.1) is 29.3 Å². The van der Waals surface area contributed by atoms with E-state index in [0.29, 0.717) is 48.3 Å². The van der Waals surface area contributed by atoms with E-state index in [1.165, 1.54) is 7.11 Å². The Bertz CT molecular complexity index is 1270. The maximum atomic E-state index is 13.6. The molecule has 8 nitrogen and oxygen atoms in total. The third-order valence-electron chi connectivity index (χ3n) is 6.20. The summed E-state index contributed by atoms with van der Waals surface area (Å²) in [7, 11) is 1.31. The summed E-state index contributed by atoms with van der Waals surface area (Å²) in [5.41, 5.74) is 8.93. The normalized spacial score (nSPS) is 14.5. The van der Waals surface area contributed by atoms with E-state index >= 15 is 0 Å². The van der Waals surface area contributed by atoms with Crippen LogP contribution in [0.2, 0.25) is 0 Å². The third kappa shape index (κ3) is 3.84. The zero-order valence-electron chi connectivity index (χ0n) is 18.4. The number of carbonyl (C=O) groups excluding carboxylic acids is 2. The van der Waals surface area contributed by atoms with Gasteiger partial charge in [-0.15, -0.1) is 0 Å². The molecule has 1 aliphatic rings. The Kier molecular flexibility index (Phi) is 5.69. The Labute approximate surface area is 185 Å². The fraction of sp³-hybridized carbons (Fsp3) is 0.333. The van der Waals surface area contributed by atoms with Crippen molar-refractivity contribution in [1.29, 1.82) is 0 Å².